The topological polar surface area (TPSA) is 80.3 Å². The fourth-order valence-corrected chi connectivity index (χ4v) is 4.67. The van der Waals surface area contributed by atoms with Crippen LogP contribution in [-0.4, -0.2) is 35.7 Å². The molecule has 0 aliphatic heterocycles. The van der Waals surface area contributed by atoms with Crippen LogP contribution in [0.1, 0.15) is 68.9 Å². The summed E-state index contributed by atoms with van der Waals surface area (Å²) in [7, 11) is 0. The quantitative estimate of drug-likeness (QED) is 0.688. The van der Waals surface area contributed by atoms with Crippen molar-refractivity contribution in [3.05, 3.63) is 28.3 Å². The van der Waals surface area contributed by atoms with Gasteiger partial charge in [0, 0.05) is 24.2 Å². The fraction of sp³-hybridized carbons (Fsp3) is 0.609. The Morgan fingerprint density at radius 1 is 1.13 bits per heavy atom. The van der Waals surface area contributed by atoms with Gasteiger partial charge in [-0.25, -0.2) is 9.78 Å². The van der Waals surface area contributed by atoms with Crippen LogP contribution >= 0.6 is 11.3 Å². The Balaban J connectivity index is 1.59. The number of nitrogens with one attached hydrogen (secondary N) is 2. The summed E-state index contributed by atoms with van der Waals surface area (Å²) in [6.07, 6.45) is 2.73. The van der Waals surface area contributed by atoms with Crippen molar-refractivity contribution >= 4 is 33.6 Å². The molecule has 0 aromatic carbocycles. The zero-order valence-corrected chi connectivity index (χ0v) is 19.7. The maximum absolute atomic E-state index is 12.5. The summed E-state index contributed by atoms with van der Waals surface area (Å²) in [5, 5.41) is 6.52. The predicted octanol–water partition coefficient (Wildman–Crippen LogP) is 4.70. The maximum Gasteiger partial charge on any atom is 0.407 e. The molecule has 0 bridgehead atoms. The van der Waals surface area contributed by atoms with E-state index in [2.05, 4.69) is 37.5 Å². The molecule has 1 unspecified atom stereocenters. The van der Waals surface area contributed by atoms with Crippen LogP contribution in [-0.2, 0) is 17.6 Å². The molecule has 0 radical (unpaired) electrons. The van der Waals surface area contributed by atoms with E-state index in [1.165, 1.54) is 29.0 Å². The van der Waals surface area contributed by atoms with E-state index in [0.29, 0.717) is 29.3 Å². The Labute approximate surface area is 182 Å². The number of carbonyl (C=O) groups is 2. The van der Waals surface area contributed by atoms with Crippen LogP contribution < -0.4 is 10.6 Å². The number of nitrogens with zero attached hydrogens (tertiary/aromatic N) is 1. The Morgan fingerprint density at radius 2 is 1.83 bits per heavy atom. The number of fused-ring (bicyclic) bond motifs is 2. The minimum Gasteiger partial charge on any atom is -0.444 e. The lowest BCUT2D eigenvalue weighted by Crippen LogP contribution is -2.37. The first-order valence-corrected chi connectivity index (χ1v) is 11.4. The highest BCUT2D eigenvalue weighted by Gasteiger charge is 2.29. The third-order valence-corrected chi connectivity index (χ3v) is 6.44. The van der Waals surface area contributed by atoms with Gasteiger partial charge in [0.2, 0.25) is 0 Å². The summed E-state index contributed by atoms with van der Waals surface area (Å²) in [6.45, 7) is 13.0. The molecular formula is C23H33N3O3S. The Bertz CT molecular complexity index is 938. The Hall–Kier alpha value is -2.15. The molecule has 6 nitrogen and oxygen atoms in total. The molecule has 2 aromatic heterocycles. The molecule has 0 saturated carbocycles. The van der Waals surface area contributed by atoms with Gasteiger partial charge < -0.3 is 15.4 Å². The van der Waals surface area contributed by atoms with Crippen molar-refractivity contribution in [3.8, 4) is 0 Å². The third-order valence-electron chi connectivity index (χ3n) is 5.40. The van der Waals surface area contributed by atoms with E-state index in [1.807, 2.05) is 26.8 Å². The second-order valence-electron chi connectivity index (χ2n) is 10.1. The van der Waals surface area contributed by atoms with E-state index in [-0.39, 0.29) is 5.91 Å². The summed E-state index contributed by atoms with van der Waals surface area (Å²) in [5.41, 5.74) is 2.25. The number of carbonyl (C=O) groups excluding carboxylic acids is 2. The van der Waals surface area contributed by atoms with Crippen LogP contribution in [0, 0.1) is 11.3 Å². The molecule has 0 spiro atoms. The monoisotopic (exact) mass is 431 g/mol. The van der Waals surface area contributed by atoms with Crippen molar-refractivity contribution in [2.45, 2.75) is 66.4 Å². The molecule has 1 aliphatic carbocycles. The molecular weight excluding hydrogens is 398 g/mol. The molecule has 2 N–H and O–H groups in total. The van der Waals surface area contributed by atoms with E-state index in [9.17, 15) is 9.59 Å². The number of rotatable bonds is 4. The van der Waals surface area contributed by atoms with Crippen molar-refractivity contribution in [2.24, 2.45) is 11.3 Å². The molecule has 30 heavy (non-hydrogen) atoms. The number of amides is 2. The predicted molar refractivity (Wildman–Crippen MR) is 121 cm³/mol. The highest BCUT2D eigenvalue weighted by Crippen LogP contribution is 2.38. The zero-order valence-electron chi connectivity index (χ0n) is 18.8. The summed E-state index contributed by atoms with van der Waals surface area (Å²) >= 11 is 1.42. The normalized spacial score (nSPS) is 16.8. The number of alkyl carbamates (subject to hydrolysis) is 1. The van der Waals surface area contributed by atoms with Gasteiger partial charge in [-0.05, 0) is 69.1 Å². The first-order chi connectivity index (χ1) is 13.9. The van der Waals surface area contributed by atoms with Crippen molar-refractivity contribution in [3.63, 3.8) is 0 Å². The van der Waals surface area contributed by atoms with E-state index in [1.54, 1.807) is 0 Å². The average Bonchev–Trinajstić information content (AvgIpc) is 3.03. The van der Waals surface area contributed by atoms with E-state index >= 15 is 0 Å². The van der Waals surface area contributed by atoms with E-state index in [0.717, 1.165) is 23.1 Å². The SMILES string of the molecule is CC(C)(C)OC(=O)NCCNC(=O)c1cc2cc3c(nc2s1)CCC(C(C)(C)C)C3. The number of hydrogen-bond acceptors (Lipinski definition) is 5. The third kappa shape index (κ3) is 5.72. The van der Waals surface area contributed by atoms with Crippen molar-refractivity contribution in [1.29, 1.82) is 0 Å². The van der Waals surface area contributed by atoms with Crippen LogP contribution in [0.2, 0.25) is 0 Å². The van der Waals surface area contributed by atoms with Crippen LogP contribution in [0.3, 0.4) is 0 Å². The smallest absolute Gasteiger partial charge is 0.407 e. The summed E-state index contributed by atoms with van der Waals surface area (Å²) in [4.78, 5) is 30.6. The van der Waals surface area contributed by atoms with Gasteiger partial charge in [-0.15, -0.1) is 11.3 Å². The Morgan fingerprint density at radius 3 is 2.50 bits per heavy atom. The molecule has 2 amide bonds. The van der Waals surface area contributed by atoms with Gasteiger partial charge in [-0.3, -0.25) is 4.79 Å². The molecule has 1 atom stereocenters. The van der Waals surface area contributed by atoms with Crippen molar-refractivity contribution in [1.82, 2.24) is 15.6 Å². The molecule has 0 saturated heterocycles. The second kappa shape index (κ2) is 8.53. The van der Waals surface area contributed by atoms with Crippen molar-refractivity contribution < 1.29 is 14.3 Å². The number of aromatic nitrogens is 1. The van der Waals surface area contributed by atoms with Crippen LogP contribution in [0.4, 0.5) is 4.79 Å². The van der Waals surface area contributed by atoms with E-state index < -0.39 is 11.7 Å². The summed E-state index contributed by atoms with van der Waals surface area (Å²) in [5.74, 6) is 0.512. The van der Waals surface area contributed by atoms with Gasteiger partial charge in [0.15, 0.2) is 0 Å². The first-order valence-electron chi connectivity index (χ1n) is 10.6. The molecule has 3 rings (SSSR count). The molecule has 7 heteroatoms. The molecule has 164 valence electrons. The lowest BCUT2D eigenvalue weighted by atomic mass is 9.71. The number of pyridine rings is 1. The Kier molecular flexibility index (Phi) is 6.41. The molecule has 2 aromatic rings. The lowest BCUT2D eigenvalue weighted by Gasteiger charge is -2.34. The molecule has 2 heterocycles. The summed E-state index contributed by atoms with van der Waals surface area (Å²) < 4.78 is 5.18. The molecule has 1 aliphatic rings. The highest BCUT2D eigenvalue weighted by molar-refractivity contribution is 7.20. The minimum absolute atomic E-state index is 0.144. The van der Waals surface area contributed by atoms with E-state index in [4.69, 9.17) is 9.72 Å². The van der Waals surface area contributed by atoms with Gasteiger partial charge in [-0.2, -0.15) is 0 Å². The van der Waals surface area contributed by atoms with Crippen molar-refractivity contribution in [2.75, 3.05) is 13.1 Å². The summed E-state index contributed by atoms with van der Waals surface area (Å²) in [6, 6.07) is 4.14. The van der Waals surface area contributed by atoms with Crippen LogP contribution in [0.25, 0.3) is 10.2 Å². The van der Waals surface area contributed by atoms with Crippen LogP contribution in [0.15, 0.2) is 12.1 Å². The standard InChI is InChI=1S/C23H33N3O3S/c1-22(2,3)16-7-8-17-14(12-16)11-15-13-18(30-20(15)26-17)19(27)24-9-10-25-21(28)29-23(4,5)6/h11,13,16H,7-10,12H2,1-6H3,(H,24,27)(H,25,28). The van der Waals surface area contributed by atoms with Gasteiger partial charge in [0.25, 0.3) is 5.91 Å². The number of hydrogen-bond donors (Lipinski definition) is 2. The van der Waals surface area contributed by atoms with Crippen LogP contribution in [0.5, 0.6) is 0 Å². The van der Waals surface area contributed by atoms with Gasteiger partial charge in [0.1, 0.15) is 10.4 Å². The lowest BCUT2D eigenvalue weighted by molar-refractivity contribution is 0.0526. The number of thiophene rings is 1. The van der Waals surface area contributed by atoms with Gasteiger partial charge in [0.05, 0.1) is 4.88 Å². The van der Waals surface area contributed by atoms with Gasteiger partial charge in [-0.1, -0.05) is 20.8 Å². The fourth-order valence-electron chi connectivity index (χ4n) is 3.72. The largest absolute Gasteiger partial charge is 0.444 e. The highest BCUT2D eigenvalue weighted by atomic mass is 32.1. The second-order valence-corrected chi connectivity index (χ2v) is 11.1. The molecule has 0 fully saturated rings. The van der Waals surface area contributed by atoms with Gasteiger partial charge >= 0.3 is 6.09 Å². The number of ether oxygens (including phenoxy) is 1. The minimum atomic E-state index is -0.538. The zero-order chi connectivity index (χ0) is 22.1. The number of aryl methyl sites for hydroxylation is 1. The maximum atomic E-state index is 12.5. The first kappa shape index (κ1) is 22.5. The average molecular weight is 432 g/mol.